The van der Waals surface area contributed by atoms with Gasteiger partial charge in [-0.15, -0.1) is 0 Å². The highest BCUT2D eigenvalue weighted by atomic mass is 35.5. The maximum absolute atomic E-state index is 5.82. The summed E-state index contributed by atoms with van der Waals surface area (Å²) < 4.78 is 0. The van der Waals surface area contributed by atoms with Gasteiger partial charge in [-0.1, -0.05) is 20.8 Å². The predicted octanol–water partition coefficient (Wildman–Crippen LogP) is 2.66. The van der Waals surface area contributed by atoms with Gasteiger partial charge in [-0.05, 0) is 30.4 Å². The lowest BCUT2D eigenvalue weighted by atomic mass is 9.98. The second-order valence-corrected chi connectivity index (χ2v) is 4.72. The van der Waals surface area contributed by atoms with Gasteiger partial charge < -0.3 is 10.6 Å². The Labute approximate surface area is 107 Å². The van der Waals surface area contributed by atoms with Crippen LogP contribution in [0.1, 0.15) is 27.7 Å². The summed E-state index contributed by atoms with van der Waals surface area (Å²) in [5, 5.41) is 6.40. The number of hydrogen-bond acceptors (Lipinski definition) is 5. The molecule has 1 aromatic heterocycles. The molecule has 0 aliphatic carbocycles. The largest absolute Gasteiger partial charge is 0.354 e. The Morgan fingerprint density at radius 2 is 1.65 bits per heavy atom. The number of hydrogen-bond donors (Lipinski definition) is 2. The first-order valence-corrected chi connectivity index (χ1v) is 6.30. The van der Waals surface area contributed by atoms with Crippen molar-refractivity contribution in [2.45, 2.75) is 27.7 Å². The van der Waals surface area contributed by atoms with E-state index in [0.717, 1.165) is 13.1 Å². The summed E-state index contributed by atoms with van der Waals surface area (Å²) >= 11 is 5.82. The van der Waals surface area contributed by atoms with E-state index in [-0.39, 0.29) is 5.28 Å². The molecule has 1 atom stereocenters. The Morgan fingerprint density at radius 1 is 1.06 bits per heavy atom. The number of rotatable bonds is 6. The van der Waals surface area contributed by atoms with Crippen LogP contribution in [-0.4, -0.2) is 28.0 Å². The van der Waals surface area contributed by atoms with Crippen LogP contribution in [0.3, 0.4) is 0 Å². The molecule has 2 N–H and O–H groups in total. The SMILES string of the molecule is CCNc1nc(Cl)nc(NCC(C)C(C)C)n1. The summed E-state index contributed by atoms with van der Waals surface area (Å²) in [5.41, 5.74) is 0. The van der Waals surface area contributed by atoms with Crippen molar-refractivity contribution in [3.8, 4) is 0 Å². The van der Waals surface area contributed by atoms with Gasteiger partial charge in [0.25, 0.3) is 0 Å². The molecular weight excluding hydrogens is 238 g/mol. The number of nitrogens with zero attached hydrogens (tertiary/aromatic N) is 3. The monoisotopic (exact) mass is 257 g/mol. The molecule has 0 spiro atoms. The third kappa shape index (κ3) is 4.73. The Kier molecular flexibility index (Phi) is 5.41. The summed E-state index contributed by atoms with van der Waals surface area (Å²) in [6.07, 6.45) is 0. The first kappa shape index (κ1) is 14.0. The van der Waals surface area contributed by atoms with Gasteiger partial charge in [-0.3, -0.25) is 0 Å². The predicted molar refractivity (Wildman–Crippen MR) is 71.5 cm³/mol. The van der Waals surface area contributed by atoms with Crippen molar-refractivity contribution in [2.75, 3.05) is 23.7 Å². The van der Waals surface area contributed by atoms with Crippen molar-refractivity contribution in [2.24, 2.45) is 11.8 Å². The molecule has 0 saturated heterocycles. The van der Waals surface area contributed by atoms with Gasteiger partial charge in [0, 0.05) is 13.1 Å². The number of halogens is 1. The lowest BCUT2D eigenvalue weighted by Crippen LogP contribution is -2.18. The minimum absolute atomic E-state index is 0.204. The lowest BCUT2D eigenvalue weighted by Gasteiger charge is -2.16. The molecule has 0 fully saturated rings. The highest BCUT2D eigenvalue weighted by Crippen LogP contribution is 2.12. The van der Waals surface area contributed by atoms with E-state index in [1.165, 1.54) is 0 Å². The van der Waals surface area contributed by atoms with Crippen molar-refractivity contribution in [1.82, 2.24) is 15.0 Å². The Morgan fingerprint density at radius 3 is 2.18 bits per heavy atom. The molecule has 0 radical (unpaired) electrons. The highest BCUT2D eigenvalue weighted by Gasteiger charge is 2.09. The molecular formula is C11H20ClN5. The first-order valence-electron chi connectivity index (χ1n) is 5.92. The van der Waals surface area contributed by atoms with Crippen LogP contribution >= 0.6 is 11.6 Å². The van der Waals surface area contributed by atoms with E-state index in [4.69, 9.17) is 11.6 Å². The highest BCUT2D eigenvalue weighted by molar-refractivity contribution is 6.28. The van der Waals surface area contributed by atoms with Gasteiger partial charge in [0.05, 0.1) is 0 Å². The molecule has 0 bridgehead atoms. The Balaban J connectivity index is 2.64. The van der Waals surface area contributed by atoms with Gasteiger partial charge in [0.1, 0.15) is 0 Å². The Bertz CT molecular complexity index is 356. The van der Waals surface area contributed by atoms with Gasteiger partial charge in [0.15, 0.2) is 0 Å². The van der Waals surface area contributed by atoms with E-state index >= 15 is 0 Å². The molecule has 96 valence electrons. The van der Waals surface area contributed by atoms with Crippen LogP contribution in [0, 0.1) is 11.8 Å². The van der Waals surface area contributed by atoms with E-state index in [9.17, 15) is 0 Å². The topological polar surface area (TPSA) is 62.7 Å². The molecule has 1 unspecified atom stereocenters. The van der Waals surface area contributed by atoms with Gasteiger partial charge in [-0.2, -0.15) is 15.0 Å². The zero-order chi connectivity index (χ0) is 12.8. The minimum atomic E-state index is 0.204. The van der Waals surface area contributed by atoms with Gasteiger partial charge in [0.2, 0.25) is 17.2 Å². The fraction of sp³-hybridized carbons (Fsp3) is 0.727. The zero-order valence-electron chi connectivity index (χ0n) is 10.8. The van der Waals surface area contributed by atoms with E-state index < -0.39 is 0 Å². The van der Waals surface area contributed by atoms with Crippen LogP contribution in [0.15, 0.2) is 0 Å². The molecule has 1 aromatic rings. The normalized spacial score (nSPS) is 12.6. The van der Waals surface area contributed by atoms with E-state index in [1.807, 2.05) is 6.92 Å². The van der Waals surface area contributed by atoms with Crippen LogP contribution in [0.4, 0.5) is 11.9 Å². The summed E-state index contributed by atoms with van der Waals surface area (Å²) in [6.45, 7) is 10.1. The number of anilines is 2. The summed E-state index contributed by atoms with van der Waals surface area (Å²) in [6, 6.07) is 0. The second-order valence-electron chi connectivity index (χ2n) is 4.38. The third-order valence-electron chi connectivity index (χ3n) is 2.66. The van der Waals surface area contributed by atoms with E-state index in [2.05, 4.69) is 46.4 Å². The quantitative estimate of drug-likeness (QED) is 0.820. The molecule has 1 rings (SSSR count). The number of aromatic nitrogens is 3. The molecule has 0 aliphatic heterocycles. The minimum Gasteiger partial charge on any atom is -0.354 e. The third-order valence-corrected chi connectivity index (χ3v) is 2.83. The average Bonchev–Trinajstić information content (AvgIpc) is 2.25. The summed E-state index contributed by atoms with van der Waals surface area (Å²) in [5.74, 6) is 2.20. The van der Waals surface area contributed by atoms with Gasteiger partial charge >= 0.3 is 0 Å². The van der Waals surface area contributed by atoms with Crippen molar-refractivity contribution < 1.29 is 0 Å². The zero-order valence-corrected chi connectivity index (χ0v) is 11.5. The van der Waals surface area contributed by atoms with Crippen molar-refractivity contribution >= 4 is 23.5 Å². The van der Waals surface area contributed by atoms with Crippen molar-refractivity contribution in [3.63, 3.8) is 0 Å². The summed E-state index contributed by atoms with van der Waals surface area (Å²) in [7, 11) is 0. The van der Waals surface area contributed by atoms with Gasteiger partial charge in [-0.25, -0.2) is 0 Å². The van der Waals surface area contributed by atoms with E-state index in [0.29, 0.717) is 23.7 Å². The fourth-order valence-corrected chi connectivity index (χ4v) is 1.31. The average molecular weight is 258 g/mol. The van der Waals surface area contributed by atoms with Crippen LogP contribution in [0.2, 0.25) is 5.28 Å². The standard InChI is InChI=1S/C11H20ClN5/c1-5-13-10-15-9(12)16-11(17-10)14-6-8(4)7(2)3/h7-8H,5-6H2,1-4H3,(H2,13,14,15,16,17). The molecule has 17 heavy (non-hydrogen) atoms. The van der Waals surface area contributed by atoms with Crippen molar-refractivity contribution in [3.05, 3.63) is 5.28 Å². The molecule has 0 amide bonds. The van der Waals surface area contributed by atoms with Crippen molar-refractivity contribution in [1.29, 1.82) is 0 Å². The summed E-state index contributed by atoms with van der Waals surface area (Å²) in [4.78, 5) is 12.2. The smallest absolute Gasteiger partial charge is 0.228 e. The molecule has 0 saturated carbocycles. The van der Waals surface area contributed by atoms with E-state index in [1.54, 1.807) is 0 Å². The maximum atomic E-state index is 5.82. The van der Waals surface area contributed by atoms with Crippen LogP contribution in [-0.2, 0) is 0 Å². The second kappa shape index (κ2) is 6.59. The van der Waals surface area contributed by atoms with Crippen LogP contribution in [0.5, 0.6) is 0 Å². The maximum Gasteiger partial charge on any atom is 0.228 e. The van der Waals surface area contributed by atoms with Crippen LogP contribution < -0.4 is 10.6 Å². The molecule has 1 heterocycles. The molecule has 0 aromatic carbocycles. The first-order chi connectivity index (χ1) is 8.02. The molecule has 0 aliphatic rings. The lowest BCUT2D eigenvalue weighted by molar-refractivity contribution is 0.439. The Hall–Kier alpha value is -1.10. The number of nitrogens with one attached hydrogen (secondary N) is 2. The molecule has 5 nitrogen and oxygen atoms in total. The molecule has 6 heteroatoms. The fourth-order valence-electron chi connectivity index (χ4n) is 1.15. The van der Waals surface area contributed by atoms with Crippen LogP contribution in [0.25, 0.3) is 0 Å².